The fourth-order valence-electron chi connectivity index (χ4n) is 2.42. The van der Waals surface area contributed by atoms with Crippen molar-refractivity contribution in [2.75, 3.05) is 11.6 Å². The summed E-state index contributed by atoms with van der Waals surface area (Å²) in [7, 11) is -3.19. The van der Waals surface area contributed by atoms with Gasteiger partial charge in [-0.25, -0.2) is 8.42 Å². The SMILES string of the molecule is Cc1cc(CNc2ccc3nnc(C)n3n2)ccc1S(C)(=O)=O. The van der Waals surface area contributed by atoms with Crippen LogP contribution < -0.4 is 5.32 Å². The predicted molar refractivity (Wildman–Crippen MR) is 87.1 cm³/mol. The van der Waals surface area contributed by atoms with E-state index in [2.05, 4.69) is 20.6 Å². The van der Waals surface area contributed by atoms with E-state index in [1.165, 1.54) is 6.26 Å². The van der Waals surface area contributed by atoms with Gasteiger partial charge in [0.05, 0.1) is 4.90 Å². The summed E-state index contributed by atoms with van der Waals surface area (Å²) in [4.78, 5) is 0.362. The van der Waals surface area contributed by atoms with Crippen LogP contribution in [0.15, 0.2) is 35.2 Å². The molecule has 7 nitrogen and oxygen atoms in total. The molecule has 2 heterocycles. The maximum Gasteiger partial charge on any atom is 0.178 e. The van der Waals surface area contributed by atoms with Gasteiger partial charge in [0, 0.05) is 12.8 Å². The number of nitrogens with one attached hydrogen (secondary N) is 1. The normalized spacial score (nSPS) is 11.8. The molecule has 3 rings (SSSR count). The molecule has 8 heteroatoms. The molecule has 0 saturated carbocycles. The fraction of sp³-hybridized carbons (Fsp3) is 0.267. The Morgan fingerprint density at radius 3 is 2.61 bits per heavy atom. The maximum absolute atomic E-state index is 11.6. The third-order valence-electron chi connectivity index (χ3n) is 3.53. The van der Waals surface area contributed by atoms with Gasteiger partial charge in [-0.3, -0.25) is 0 Å². The number of sulfone groups is 1. The Morgan fingerprint density at radius 1 is 1.13 bits per heavy atom. The molecule has 0 aliphatic rings. The highest BCUT2D eigenvalue weighted by molar-refractivity contribution is 7.90. The summed E-state index contributed by atoms with van der Waals surface area (Å²) >= 11 is 0. The zero-order chi connectivity index (χ0) is 16.6. The minimum absolute atomic E-state index is 0.362. The van der Waals surface area contributed by atoms with Crippen molar-refractivity contribution in [2.24, 2.45) is 0 Å². The minimum atomic E-state index is -3.19. The topological polar surface area (TPSA) is 89.2 Å². The Balaban J connectivity index is 1.79. The van der Waals surface area contributed by atoms with E-state index in [1.54, 1.807) is 23.6 Å². The highest BCUT2D eigenvalue weighted by Crippen LogP contribution is 2.17. The number of benzene rings is 1. The summed E-state index contributed by atoms with van der Waals surface area (Å²) in [6.07, 6.45) is 1.22. The molecule has 1 aromatic carbocycles. The van der Waals surface area contributed by atoms with Crippen LogP contribution in [0.2, 0.25) is 0 Å². The average Bonchev–Trinajstić information content (AvgIpc) is 2.85. The molecule has 0 atom stereocenters. The first-order valence-electron chi connectivity index (χ1n) is 7.07. The van der Waals surface area contributed by atoms with Crippen LogP contribution in [0, 0.1) is 13.8 Å². The largest absolute Gasteiger partial charge is 0.365 e. The van der Waals surface area contributed by atoms with Crippen molar-refractivity contribution >= 4 is 21.3 Å². The molecule has 0 fully saturated rings. The molecule has 0 saturated heterocycles. The molecule has 0 radical (unpaired) electrons. The predicted octanol–water partition coefficient (Wildman–Crippen LogP) is 1.76. The molecule has 0 spiro atoms. The first kappa shape index (κ1) is 15.4. The van der Waals surface area contributed by atoms with Gasteiger partial charge < -0.3 is 5.32 Å². The van der Waals surface area contributed by atoms with Gasteiger partial charge in [0.15, 0.2) is 21.3 Å². The summed E-state index contributed by atoms with van der Waals surface area (Å²) in [5.41, 5.74) is 2.42. The Labute approximate surface area is 134 Å². The van der Waals surface area contributed by atoms with E-state index in [0.29, 0.717) is 22.9 Å². The molecule has 0 bridgehead atoms. The summed E-state index contributed by atoms with van der Waals surface area (Å²) in [6.45, 7) is 4.18. The van der Waals surface area contributed by atoms with Crippen LogP contribution in [-0.4, -0.2) is 34.5 Å². The first-order chi connectivity index (χ1) is 10.8. The lowest BCUT2D eigenvalue weighted by atomic mass is 10.1. The molecule has 1 N–H and O–H groups in total. The molecule has 2 aromatic heterocycles. The monoisotopic (exact) mass is 331 g/mol. The second kappa shape index (κ2) is 5.62. The smallest absolute Gasteiger partial charge is 0.178 e. The van der Waals surface area contributed by atoms with Gasteiger partial charge in [-0.05, 0) is 43.2 Å². The zero-order valence-corrected chi connectivity index (χ0v) is 13.9. The van der Waals surface area contributed by atoms with Gasteiger partial charge in [-0.15, -0.1) is 15.3 Å². The van der Waals surface area contributed by atoms with Crippen molar-refractivity contribution in [1.82, 2.24) is 19.8 Å². The van der Waals surface area contributed by atoms with E-state index >= 15 is 0 Å². The van der Waals surface area contributed by atoms with Gasteiger partial charge in [-0.1, -0.05) is 12.1 Å². The van der Waals surface area contributed by atoms with Crippen molar-refractivity contribution in [3.63, 3.8) is 0 Å². The van der Waals surface area contributed by atoms with Gasteiger partial charge >= 0.3 is 0 Å². The second-order valence-corrected chi connectivity index (χ2v) is 7.45. The van der Waals surface area contributed by atoms with E-state index in [-0.39, 0.29) is 0 Å². The standard InChI is InChI=1S/C15H17N5O2S/c1-10-8-12(4-5-13(10)23(3,21)22)9-16-14-6-7-15-18-17-11(2)20(15)19-14/h4-8H,9H2,1-3H3,(H,16,19). The Kier molecular flexibility index (Phi) is 3.77. The third-order valence-corrected chi connectivity index (χ3v) is 4.79. The fourth-order valence-corrected chi connectivity index (χ4v) is 3.38. The van der Waals surface area contributed by atoms with Crippen molar-refractivity contribution in [2.45, 2.75) is 25.3 Å². The molecule has 120 valence electrons. The van der Waals surface area contributed by atoms with Crippen LogP contribution in [0.5, 0.6) is 0 Å². The number of aryl methyl sites for hydroxylation is 2. The van der Waals surface area contributed by atoms with Crippen molar-refractivity contribution in [3.8, 4) is 0 Å². The number of anilines is 1. The van der Waals surface area contributed by atoms with E-state index in [1.807, 2.05) is 25.1 Å². The number of fused-ring (bicyclic) bond motifs is 1. The Hall–Kier alpha value is -2.48. The maximum atomic E-state index is 11.6. The molecular weight excluding hydrogens is 314 g/mol. The Bertz CT molecular complexity index is 979. The van der Waals surface area contributed by atoms with Gasteiger partial charge in [-0.2, -0.15) is 4.52 Å². The van der Waals surface area contributed by atoms with Crippen molar-refractivity contribution in [3.05, 3.63) is 47.3 Å². The van der Waals surface area contributed by atoms with Crippen LogP contribution in [0.1, 0.15) is 17.0 Å². The minimum Gasteiger partial charge on any atom is -0.365 e. The van der Waals surface area contributed by atoms with Gasteiger partial charge in [0.25, 0.3) is 0 Å². The lowest BCUT2D eigenvalue weighted by Crippen LogP contribution is -2.06. The number of hydrogen-bond acceptors (Lipinski definition) is 6. The Morgan fingerprint density at radius 2 is 1.91 bits per heavy atom. The second-order valence-electron chi connectivity index (χ2n) is 5.46. The van der Waals surface area contributed by atoms with Crippen LogP contribution in [0.25, 0.3) is 5.65 Å². The summed E-state index contributed by atoms with van der Waals surface area (Å²) < 4.78 is 24.9. The van der Waals surface area contributed by atoms with E-state index in [0.717, 1.165) is 17.0 Å². The van der Waals surface area contributed by atoms with E-state index in [4.69, 9.17) is 0 Å². The van der Waals surface area contributed by atoms with E-state index in [9.17, 15) is 8.42 Å². The molecule has 0 aliphatic heterocycles. The number of hydrogen-bond donors (Lipinski definition) is 1. The number of aromatic nitrogens is 4. The third kappa shape index (κ3) is 3.16. The van der Waals surface area contributed by atoms with Crippen LogP contribution in [0.4, 0.5) is 5.82 Å². The number of nitrogens with zero attached hydrogens (tertiary/aromatic N) is 4. The molecule has 23 heavy (non-hydrogen) atoms. The lowest BCUT2D eigenvalue weighted by Gasteiger charge is -2.09. The highest BCUT2D eigenvalue weighted by Gasteiger charge is 2.11. The van der Waals surface area contributed by atoms with Crippen LogP contribution in [-0.2, 0) is 16.4 Å². The van der Waals surface area contributed by atoms with Crippen molar-refractivity contribution in [1.29, 1.82) is 0 Å². The molecule has 0 aliphatic carbocycles. The molecular formula is C15H17N5O2S. The van der Waals surface area contributed by atoms with Gasteiger partial charge in [0.2, 0.25) is 0 Å². The lowest BCUT2D eigenvalue weighted by molar-refractivity contribution is 0.601. The molecule has 3 aromatic rings. The summed E-state index contributed by atoms with van der Waals surface area (Å²) in [5.74, 6) is 1.42. The average molecular weight is 331 g/mol. The van der Waals surface area contributed by atoms with Crippen LogP contribution >= 0.6 is 0 Å². The number of rotatable bonds is 4. The first-order valence-corrected chi connectivity index (χ1v) is 8.96. The highest BCUT2D eigenvalue weighted by atomic mass is 32.2. The quantitative estimate of drug-likeness (QED) is 0.783. The molecule has 0 amide bonds. The van der Waals surface area contributed by atoms with Crippen LogP contribution in [0.3, 0.4) is 0 Å². The van der Waals surface area contributed by atoms with Crippen molar-refractivity contribution < 1.29 is 8.42 Å². The zero-order valence-electron chi connectivity index (χ0n) is 13.1. The van der Waals surface area contributed by atoms with E-state index < -0.39 is 9.84 Å². The summed E-state index contributed by atoms with van der Waals surface area (Å²) in [6, 6.07) is 8.99. The summed E-state index contributed by atoms with van der Waals surface area (Å²) in [5, 5.41) is 15.6. The molecule has 0 unspecified atom stereocenters. The van der Waals surface area contributed by atoms with Gasteiger partial charge in [0.1, 0.15) is 5.82 Å².